The third-order valence-corrected chi connectivity index (χ3v) is 3.23. The van der Waals surface area contributed by atoms with Crippen LogP contribution in [0.2, 0.25) is 0 Å². The first kappa shape index (κ1) is 12.9. The Labute approximate surface area is 107 Å². The SMILES string of the molecule is CC(C(=O)O)c1ccccc1OCC1(C)COC1. The molecule has 0 amide bonds. The third-order valence-electron chi connectivity index (χ3n) is 3.23. The fraction of sp³-hybridized carbons (Fsp3) is 0.500. The highest BCUT2D eigenvalue weighted by atomic mass is 16.5. The zero-order valence-corrected chi connectivity index (χ0v) is 10.7. The second-order valence-corrected chi connectivity index (χ2v) is 5.19. The summed E-state index contributed by atoms with van der Waals surface area (Å²) in [6.07, 6.45) is 0. The zero-order chi connectivity index (χ0) is 13.2. The van der Waals surface area contributed by atoms with E-state index in [1.165, 1.54) is 0 Å². The number of carbonyl (C=O) groups is 1. The van der Waals surface area contributed by atoms with Gasteiger partial charge in [-0.1, -0.05) is 25.1 Å². The topological polar surface area (TPSA) is 55.8 Å². The van der Waals surface area contributed by atoms with E-state index in [2.05, 4.69) is 6.92 Å². The van der Waals surface area contributed by atoms with Crippen LogP contribution >= 0.6 is 0 Å². The van der Waals surface area contributed by atoms with Gasteiger partial charge in [0.15, 0.2) is 0 Å². The van der Waals surface area contributed by atoms with E-state index in [1.54, 1.807) is 13.0 Å². The van der Waals surface area contributed by atoms with E-state index in [0.29, 0.717) is 31.1 Å². The molecular weight excluding hydrogens is 232 g/mol. The first-order chi connectivity index (χ1) is 8.52. The van der Waals surface area contributed by atoms with Gasteiger partial charge in [-0.25, -0.2) is 0 Å². The van der Waals surface area contributed by atoms with Crippen molar-refractivity contribution < 1.29 is 19.4 Å². The Hall–Kier alpha value is -1.55. The summed E-state index contributed by atoms with van der Waals surface area (Å²) in [4.78, 5) is 11.0. The number of hydrogen-bond acceptors (Lipinski definition) is 3. The Morgan fingerprint density at radius 2 is 2.17 bits per heavy atom. The summed E-state index contributed by atoms with van der Waals surface area (Å²) in [5.74, 6) is -0.753. The number of carboxylic acid groups (broad SMARTS) is 1. The number of rotatable bonds is 5. The van der Waals surface area contributed by atoms with Gasteiger partial charge in [-0.2, -0.15) is 0 Å². The molecule has 1 heterocycles. The minimum atomic E-state index is -0.843. The average Bonchev–Trinajstić information content (AvgIpc) is 2.33. The zero-order valence-electron chi connectivity index (χ0n) is 10.7. The Bertz CT molecular complexity index is 437. The maximum absolute atomic E-state index is 11.0. The van der Waals surface area contributed by atoms with Crippen molar-refractivity contribution in [2.24, 2.45) is 5.41 Å². The number of benzene rings is 1. The first-order valence-corrected chi connectivity index (χ1v) is 6.04. The molecule has 1 fully saturated rings. The van der Waals surface area contributed by atoms with Crippen LogP contribution in [0.25, 0.3) is 0 Å². The average molecular weight is 250 g/mol. The van der Waals surface area contributed by atoms with Gasteiger partial charge in [-0.3, -0.25) is 4.79 Å². The molecule has 1 aromatic rings. The van der Waals surface area contributed by atoms with Crippen LogP contribution in [0, 0.1) is 5.41 Å². The Morgan fingerprint density at radius 3 is 2.72 bits per heavy atom. The van der Waals surface area contributed by atoms with E-state index in [-0.39, 0.29) is 5.41 Å². The van der Waals surface area contributed by atoms with Crippen LogP contribution in [0.4, 0.5) is 0 Å². The fourth-order valence-corrected chi connectivity index (χ4v) is 1.89. The van der Waals surface area contributed by atoms with E-state index < -0.39 is 11.9 Å². The minimum absolute atomic E-state index is 0.0551. The summed E-state index contributed by atoms with van der Waals surface area (Å²) in [5.41, 5.74) is 0.772. The van der Waals surface area contributed by atoms with Crippen molar-refractivity contribution in [3.05, 3.63) is 29.8 Å². The van der Waals surface area contributed by atoms with Gasteiger partial charge in [-0.05, 0) is 13.0 Å². The van der Waals surface area contributed by atoms with Crippen molar-refractivity contribution in [3.8, 4) is 5.75 Å². The molecule has 0 spiro atoms. The predicted octanol–water partition coefficient (Wildman–Crippen LogP) is 2.29. The molecule has 1 saturated heterocycles. The molecule has 0 radical (unpaired) electrons. The minimum Gasteiger partial charge on any atom is -0.493 e. The molecule has 1 unspecified atom stereocenters. The Balaban J connectivity index is 2.09. The maximum atomic E-state index is 11.0. The molecule has 0 saturated carbocycles. The highest BCUT2D eigenvalue weighted by Gasteiger charge is 2.34. The molecule has 1 aromatic carbocycles. The van der Waals surface area contributed by atoms with Crippen molar-refractivity contribution >= 4 is 5.97 Å². The van der Waals surface area contributed by atoms with E-state index in [1.807, 2.05) is 18.2 Å². The van der Waals surface area contributed by atoms with Crippen molar-refractivity contribution in [2.45, 2.75) is 19.8 Å². The number of ether oxygens (including phenoxy) is 2. The predicted molar refractivity (Wildman–Crippen MR) is 66.9 cm³/mol. The third kappa shape index (κ3) is 2.64. The number of para-hydroxylation sites is 1. The number of hydrogen-bond donors (Lipinski definition) is 1. The second-order valence-electron chi connectivity index (χ2n) is 5.19. The Morgan fingerprint density at radius 1 is 1.50 bits per heavy atom. The highest BCUT2D eigenvalue weighted by molar-refractivity contribution is 5.76. The summed E-state index contributed by atoms with van der Waals surface area (Å²) in [6, 6.07) is 7.30. The molecule has 0 aliphatic carbocycles. The van der Waals surface area contributed by atoms with Gasteiger partial charge >= 0.3 is 5.97 Å². The van der Waals surface area contributed by atoms with Crippen LogP contribution in [0.3, 0.4) is 0 Å². The lowest BCUT2D eigenvalue weighted by Crippen LogP contribution is -2.44. The standard InChI is InChI=1S/C14H18O4/c1-10(13(15)16)11-5-3-4-6-12(11)18-9-14(2)7-17-8-14/h3-6,10H,7-9H2,1-2H3,(H,15,16). The molecule has 18 heavy (non-hydrogen) atoms. The van der Waals surface area contributed by atoms with Gasteiger partial charge in [-0.15, -0.1) is 0 Å². The molecule has 2 rings (SSSR count). The van der Waals surface area contributed by atoms with E-state index in [9.17, 15) is 4.79 Å². The van der Waals surface area contributed by atoms with Crippen LogP contribution in [0.5, 0.6) is 5.75 Å². The summed E-state index contributed by atoms with van der Waals surface area (Å²) < 4.78 is 10.9. The van der Waals surface area contributed by atoms with Gasteiger partial charge in [0.2, 0.25) is 0 Å². The summed E-state index contributed by atoms with van der Waals surface area (Å²) in [6.45, 7) is 5.71. The van der Waals surface area contributed by atoms with Crippen molar-refractivity contribution in [1.29, 1.82) is 0 Å². The van der Waals surface area contributed by atoms with Crippen LogP contribution < -0.4 is 4.74 Å². The van der Waals surface area contributed by atoms with Crippen LogP contribution in [-0.4, -0.2) is 30.9 Å². The maximum Gasteiger partial charge on any atom is 0.310 e. The lowest BCUT2D eigenvalue weighted by molar-refractivity contribution is -0.138. The molecule has 1 aliphatic rings. The van der Waals surface area contributed by atoms with E-state index in [4.69, 9.17) is 14.6 Å². The summed E-state index contributed by atoms with van der Waals surface area (Å²) in [7, 11) is 0. The van der Waals surface area contributed by atoms with Gasteiger partial charge in [0.25, 0.3) is 0 Å². The fourth-order valence-electron chi connectivity index (χ4n) is 1.89. The molecule has 98 valence electrons. The van der Waals surface area contributed by atoms with Gasteiger partial charge < -0.3 is 14.6 Å². The van der Waals surface area contributed by atoms with Crippen molar-refractivity contribution in [3.63, 3.8) is 0 Å². The number of aliphatic carboxylic acids is 1. The molecule has 1 aliphatic heterocycles. The largest absolute Gasteiger partial charge is 0.493 e. The molecular formula is C14H18O4. The second kappa shape index (κ2) is 4.98. The first-order valence-electron chi connectivity index (χ1n) is 6.04. The summed E-state index contributed by atoms with van der Waals surface area (Å²) >= 11 is 0. The monoisotopic (exact) mass is 250 g/mol. The molecule has 4 nitrogen and oxygen atoms in total. The van der Waals surface area contributed by atoms with Gasteiger partial charge in [0.1, 0.15) is 5.75 Å². The smallest absolute Gasteiger partial charge is 0.310 e. The normalized spacial score (nSPS) is 18.8. The number of carboxylic acids is 1. The highest BCUT2D eigenvalue weighted by Crippen LogP contribution is 2.31. The molecule has 0 bridgehead atoms. The lowest BCUT2D eigenvalue weighted by atomic mass is 9.90. The van der Waals surface area contributed by atoms with Gasteiger partial charge in [0, 0.05) is 11.0 Å². The van der Waals surface area contributed by atoms with Gasteiger partial charge in [0.05, 0.1) is 25.7 Å². The van der Waals surface area contributed by atoms with Crippen molar-refractivity contribution in [2.75, 3.05) is 19.8 Å². The quantitative estimate of drug-likeness (QED) is 0.871. The lowest BCUT2D eigenvalue weighted by Gasteiger charge is -2.37. The summed E-state index contributed by atoms with van der Waals surface area (Å²) in [5, 5.41) is 9.07. The molecule has 0 aromatic heterocycles. The Kier molecular flexibility index (Phi) is 3.57. The van der Waals surface area contributed by atoms with Crippen LogP contribution in [-0.2, 0) is 9.53 Å². The molecule has 1 atom stereocenters. The van der Waals surface area contributed by atoms with Crippen LogP contribution in [0.15, 0.2) is 24.3 Å². The molecule has 1 N–H and O–H groups in total. The van der Waals surface area contributed by atoms with Crippen molar-refractivity contribution in [1.82, 2.24) is 0 Å². The van der Waals surface area contributed by atoms with Crippen LogP contribution in [0.1, 0.15) is 25.3 Å². The van der Waals surface area contributed by atoms with E-state index >= 15 is 0 Å². The van der Waals surface area contributed by atoms with E-state index in [0.717, 1.165) is 0 Å². The molecule has 4 heteroatoms.